The monoisotopic (exact) mass is 536 g/mol. The second-order valence-electron chi connectivity index (χ2n) is 7.18. The van der Waals surface area contributed by atoms with E-state index in [0.717, 1.165) is 25.5 Å². The number of nitrogens with zero attached hydrogens (tertiary/aromatic N) is 2. The second-order valence-corrected chi connectivity index (χ2v) is 9.41. The highest BCUT2D eigenvalue weighted by molar-refractivity contribution is 14.0. The van der Waals surface area contributed by atoms with Gasteiger partial charge in [-0.25, -0.2) is 8.42 Å². The SMILES string of the molecule is CCNC(=NCCC(=O)NC1CCS(=O)(=O)C1)N(C)Cc1ccc(CC)cc1.I. The van der Waals surface area contributed by atoms with Gasteiger partial charge in [-0.15, -0.1) is 24.0 Å². The van der Waals surface area contributed by atoms with E-state index in [9.17, 15) is 13.2 Å². The summed E-state index contributed by atoms with van der Waals surface area (Å²) in [5.41, 5.74) is 2.51. The van der Waals surface area contributed by atoms with Crippen LogP contribution >= 0.6 is 24.0 Å². The number of sulfone groups is 1. The van der Waals surface area contributed by atoms with Gasteiger partial charge in [0.1, 0.15) is 0 Å². The second kappa shape index (κ2) is 12.4. The number of aryl methyl sites for hydroxylation is 1. The molecule has 1 heterocycles. The van der Waals surface area contributed by atoms with E-state index in [0.29, 0.717) is 13.0 Å². The van der Waals surface area contributed by atoms with E-state index in [2.05, 4.69) is 46.8 Å². The molecule has 1 saturated heterocycles. The number of nitrogens with one attached hydrogen (secondary N) is 2. The van der Waals surface area contributed by atoms with E-state index >= 15 is 0 Å². The fourth-order valence-electron chi connectivity index (χ4n) is 3.17. The quantitative estimate of drug-likeness (QED) is 0.301. The number of amides is 1. The van der Waals surface area contributed by atoms with Crippen molar-refractivity contribution in [2.75, 3.05) is 31.6 Å². The van der Waals surface area contributed by atoms with E-state index < -0.39 is 9.84 Å². The number of carbonyl (C=O) groups excluding carboxylic acids is 1. The predicted molar refractivity (Wildman–Crippen MR) is 128 cm³/mol. The van der Waals surface area contributed by atoms with Crippen LogP contribution in [0.2, 0.25) is 0 Å². The molecule has 0 spiro atoms. The third-order valence-electron chi connectivity index (χ3n) is 4.75. The van der Waals surface area contributed by atoms with Crippen LogP contribution in [0.5, 0.6) is 0 Å². The maximum absolute atomic E-state index is 12.1. The summed E-state index contributed by atoms with van der Waals surface area (Å²) >= 11 is 0. The van der Waals surface area contributed by atoms with E-state index in [-0.39, 0.29) is 53.9 Å². The van der Waals surface area contributed by atoms with Gasteiger partial charge in [0.2, 0.25) is 5.91 Å². The largest absolute Gasteiger partial charge is 0.357 e. The Morgan fingerprint density at radius 2 is 1.86 bits per heavy atom. The Kier molecular flexibility index (Phi) is 10.9. The zero-order valence-electron chi connectivity index (χ0n) is 17.5. The highest BCUT2D eigenvalue weighted by Crippen LogP contribution is 2.11. The smallest absolute Gasteiger partial charge is 0.222 e. The fourth-order valence-corrected chi connectivity index (χ4v) is 4.84. The van der Waals surface area contributed by atoms with Gasteiger partial charge in [-0.2, -0.15) is 0 Å². The van der Waals surface area contributed by atoms with Gasteiger partial charge in [-0.1, -0.05) is 31.2 Å². The molecule has 164 valence electrons. The molecule has 7 nitrogen and oxygen atoms in total. The van der Waals surface area contributed by atoms with Crippen LogP contribution in [0.3, 0.4) is 0 Å². The van der Waals surface area contributed by atoms with Crippen LogP contribution in [0.4, 0.5) is 0 Å². The number of rotatable bonds is 8. The lowest BCUT2D eigenvalue weighted by atomic mass is 10.1. The van der Waals surface area contributed by atoms with Crippen molar-refractivity contribution in [3.8, 4) is 0 Å². The fraction of sp³-hybridized carbons (Fsp3) is 0.600. The molecule has 1 fully saturated rings. The molecular weight excluding hydrogens is 503 g/mol. The number of carbonyl (C=O) groups is 1. The number of hydrogen-bond acceptors (Lipinski definition) is 4. The summed E-state index contributed by atoms with van der Waals surface area (Å²) in [4.78, 5) is 18.6. The van der Waals surface area contributed by atoms with Gasteiger partial charge in [0.25, 0.3) is 0 Å². The van der Waals surface area contributed by atoms with E-state index in [1.165, 1.54) is 11.1 Å². The lowest BCUT2D eigenvalue weighted by Crippen LogP contribution is -2.39. The highest BCUT2D eigenvalue weighted by atomic mass is 127. The molecule has 2 N–H and O–H groups in total. The van der Waals surface area contributed by atoms with Gasteiger partial charge in [0, 0.05) is 32.6 Å². The van der Waals surface area contributed by atoms with E-state index in [1.807, 2.05) is 18.9 Å². The Bertz CT molecular complexity index is 781. The molecule has 0 aromatic heterocycles. The first kappa shape index (κ1) is 25.7. The average molecular weight is 536 g/mol. The number of aliphatic imine (C=N–C) groups is 1. The Hall–Kier alpha value is -1.36. The highest BCUT2D eigenvalue weighted by Gasteiger charge is 2.28. The van der Waals surface area contributed by atoms with Gasteiger partial charge in [-0.05, 0) is 30.9 Å². The maximum atomic E-state index is 12.1. The van der Waals surface area contributed by atoms with Crippen LogP contribution in [0.15, 0.2) is 29.3 Å². The molecule has 1 aliphatic heterocycles. The van der Waals surface area contributed by atoms with Crippen LogP contribution in [-0.4, -0.2) is 62.9 Å². The summed E-state index contributed by atoms with van der Waals surface area (Å²) in [6, 6.07) is 8.27. The van der Waals surface area contributed by atoms with Crippen LogP contribution in [0.1, 0.15) is 37.8 Å². The summed E-state index contributed by atoms with van der Waals surface area (Å²) in [7, 11) is -1.02. The van der Waals surface area contributed by atoms with Crippen molar-refractivity contribution in [1.29, 1.82) is 0 Å². The van der Waals surface area contributed by atoms with Gasteiger partial charge in [-0.3, -0.25) is 9.79 Å². The van der Waals surface area contributed by atoms with Gasteiger partial charge >= 0.3 is 0 Å². The van der Waals surface area contributed by atoms with Crippen molar-refractivity contribution in [2.24, 2.45) is 4.99 Å². The Morgan fingerprint density at radius 1 is 1.21 bits per heavy atom. The molecular formula is C20H33IN4O3S. The van der Waals surface area contributed by atoms with Gasteiger partial charge in [0.05, 0.1) is 18.1 Å². The van der Waals surface area contributed by atoms with Crippen LogP contribution < -0.4 is 10.6 Å². The number of halogens is 1. The van der Waals surface area contributed by atoms with Gasteiger partial charge < -0.3 is 15.5 Å². The predicted octanol–water partition coefficient (Wildman–Crippen LogP) is 1.96. The van der Waals surface area contributed by atoms with Crippen LogP contribution in [0.25, 0.3) is 0 Å². The topological polar surface area (TPSA) is 90.9 Å². The summed E-state index contributed by atoms with van der Waals surface area (Å²) < 4.78 is 22.9. The average Bonchev–Trinajstić information content (AvgIpc) is 2.99. The van der Waals surface area contributed by atoms with Crippen molar-refractivity contribution in [1.82, 2.24) is 15.5 Å². The van der Waals surface area contributed by atoms with Crippen molar-refractivity contribution in [2.45, 2.75) is 45.7 Å². The molecule has 0 bridgehead atoms. The number of benzene rings is 1. The first-order chi connectivity index (χ1) is 13.3. The zero-order chi connectivity index (χ0) is 20.6. The van der Waals surface area contributed by atoms with Crippen molar-refractivity contribution in [3.63, 3.8) is 0 Å². The first-order valence-electron chi connectivity index (χ1n) is 9.90. The Balaban J connectivity index is 0.00000420. The molecule has 29 heavy (non-hydrogen) atoms. The third-order valence-corrected chi connectivity index (χ3v) is 6.51. The molecule has 9 heteroatoms. The normalized spacial score (nSPS) is 18.0. The molecule has 1 unspecified atom stereocenters. The molecule has 2 rings (SSSR count). The van der Waals surface area contributed by atoms with Gasteiger partial charge in [0.15, 0.2) is 15.8 Å². The lowest BCUT2D eigenvalue weighted by molar-refractivity contribution is -0.121. The zero-order valence-corrected chi connectivity index (χ0v) is 20.6. The minimum atomic E-state index is -2.99. The molecule has 1 aromatic rings. The number of guanidine groups is 1. The van der Waals surface area contributed by atoms with Crippen molar-refractivity contribution >= 4 is 45.7 Å². The summed E-state index contributed by atoms with van der Waals surface area (Å²) in [5, 5.41) is 6.05. The maximum Gasteiger partial charge on any atom is 0.222 e. The summed E-state index contributed by atoms with van der Waals surface area (Å²) in [6.45, 7) is 5.96. The van der Waals surface area contributed by atoms with E-state index in [4.69, 9.17) is 0 Å². The number of hydrogen-bond donors (Lipinski definition) is 2. The standard InChI is InChI=1S/C20H32N4O3S.HI/c1-4-16-6-8-17(9-7-16)14-24(3)20(21-5-2)22-12-10-19(25)23-18-11-13-28(26,27)15-18;/h6-9,18H,4-5,10-15H2,1-3H3,(H,21,22)(H,23,25);1H. The molecule has 0 radical (unpaired) electrons. The molecule has 0 saturated carbocycles. The Morgan fingerprint density at radius 3 is 2.41 bits per heavy atom. The molecule has 1 atom stereocenters. The molecule has 1 amide bonds. The van der Waals surface area contributed by atoms with Crippen LogP contribution in [0, 0.1) is 0 Å². The Labute approximate surface area is 191 Å². The van der Waals surface area contributed by atoms with Crippen molar-refractivity contribution in [3.05, 3.63) is 35.4 Å². The molecule has 1 aliphatic rings. The third kappa shape index (κ3) is 8.90. The molecule has 1 aromatic carbocycles. The lowest BCUT2D eigenvalue weighted by Gasteiger charge is -2.22. The first-order valence-corrected chi connectivity index (χ1v) is 11.7. The summed E-state index contributed by atoms with van der Waals surface area (Å²) in [6.07, 6.45) is 1.76. The van der Waals surface area contributed by atoms with Crippen molar-refractivity contribution < 1.29 is 13.2 Å². The minimum Gasteiger partial charge on any atom is -0.357 e. The van der Waals surface area contributed by atoms with E-state index in [1.54, 1.807) is 0 Å². The summed E-state index contributed by atoms with van der Waals surface area (Å²) in [5.74, 6) is 0.798. The minimum absolute atomic E-state index is 0. The molecule has 0 aliphatic carbocycles. The van der Waals surface area contributed by atoms with Crippen LogP contribution in [-0.2, 0) is 27.6 Å².